The van der Waals surface area contributed by atoms with E-state index in [1.54, 1.807) is 11.0 Å². The molecular weight excluding hydrogens is 448 g/mol. The van der Waals surface area contributed by atoms with Crippen LogP contribution < -0.4 is 9.64 Å². The van der Waals surface area contributed by atoms with E-state index in [4.69, 9.17) is 13.8 Å². The van der Waals surface area contributed by atoms with Crippen molar-refractivity contribution in [3.63, 3.8) is 0 Å². The molecule has 1 atom stereocenters. The normalized spacial score (nSPS) is 19.5. The van der Waals surface area contributed by atoms with Crippen molar-refractivity contribution in [3.8, 4) is 5.75 Å². The van der Waals surface area contributed by atoms with E-state index >= 15 is 0 Å². The first-order valence-electron chi connectivity index (χ1n) is 9.68. The predicted molar refractivity (Wildman–Crippen MR) is 105 cm³/mol. The van der Waals surface area contributed by atoms with Gasteiger partial charge in [-0.25, -0.2) is 0 Å². The highest BCUT2D eigenvalue weighted by atomic mass is 31.2. The molecule has 0 radical (unpaired) electrons. The Hall–Kier alpha value is -1.68. The van der Waals surface area contributed by atoms with Crippen LogP contribution in [-0.4, -0.2) is 49.3 Å². The monoisotopic (exact) mass is 473 g/mol. The minimum atomic E-state index is -6.22. The van der Waals surface area contributed by atoms with Crippen molar-refractivity contribution in [2.75, 3.05) is 31.2 Å². The third-order valence-corrected chi connectivity index (χ3v) is 6.92. The highest BCUT2D eigenvalue weighted by Gasteiger charge is 2.76. The molecule has 0 amide bonds. The number of aliphatic hydroxyl groups is 1. The van der Waals surface area contributed by atoms with E-state index in [1.807, 2.05) is 13.8 Å². The largest absolute Gasteiger partial charge is 0.460 e. The Morgan fingerprint density at radius 3 is 2.06 bits per heavy atom. The Balaban J connectivity index is 2.78. The molecule has 0 saturated heterocycles. The van der Waals surface area contributed by atoms with Crippen LogP contribution in [0.5, 0.6) is 5.75 Å². The number of hydrogen-bond acceptors (Lipinski definition) is 6. The molecule has 1 heterocycles. The van der Waals surface area contributed by atoms with Crippen molar-refractivity contribution in [2.45, 2.75) is 45.6 Å². The molecule has 1 aromatic carbocycles. The van der Waals surface area contributed by atoms with Crippen molar-refractivity contribution in [3.05, 3.63) is 29.1 Å². The van der Waals surface area contributed by atoms with Crippen LogP contribution in [-0.2, 0) is 13.6 Å². The fourth-order valence-corrected chi connectivity index (χ4v) is 5.06. The van der Waals surface area contributed by atoms with Gasteiger partial charge in [0.25, 0.3) is 0 Å². The fraction of sp³-hybridized carbons (Fsp3) is 0.579. The molecule has 1 aromatic rings. The summed E-state index contributed by atoms with van der Waals surface area (Å²) in [6, 6.07) is 4.23. The van der Waals surface area contributed by atoms with Gasteiger partial charge < -0.3 is 23.8 Å². The minimum Gasteiger partial charge on any atom is -0.451 e. The van der Waals surface area contributed by atoms with Gasteiger partial charge in [-0.2, -0.15) is 22.0 Å². The summed E-state index contributed by atoms with van der Waals surface area (Å²) in [5.41, 5.74) is 0.518. The second kappa shape index (κ2) is 9.05. The molecule has 0 saturated carbocycles. The van der Waals surface area contributed by atoms with Gasteiger partial charge in [-0.05, 0) is 45.9 Å². The Kier molecular flexibility index (Phi) is 7.47. The van der Waals surface area contributed by atoms with Crippen LogP contribution >= 0.6 is 7.60 Å². The molecule has 1 unspecified atom stereocenters. The van der Waals surface area contributed by atoms with Gasteiger partial charge in [0.05, 0.1) is 13.2 Å². The van der Waals surface area contributed by atoms with Crippen LogP contribution in [0.3, 0.4) is 0 Å². The fourth-order valence-electron chi connectivity index (χ4n) is 3.17. The lowest BCUT2D eigenvalue weighted by atomic mass is 10.0. The zero-order valence-electron chi connectivity index (χ0n) is 17.5. The van der Waals surface area contributed by atoms with E-state index in [-0.39, 0.29) is 18.8 Å². The van der Waals surface area contributed by atoms with Crippen molar-refractivity contribution in [1.29, 1.82) is 0 Å². The molecule has 176 valence electrons. The first kappa shape index (κ1) is 25.6. The Morgan fingerprint density at radius 2 is 1.61 bits per heavy atom. The quantitative estimate of drug-likeness (QED) is 0.382. The van der Waals surface area contributed by atoms with Crippen LogP contribution in [0.25, 0.3) is 6.08 Å². The summed E-state index contributed by atoms with van der Waals surface area (Å²) < 4.78 is 97.0. The number of hydrogen-bond donors (Lipinski definition) is 1. The number of halogens is 5. The molecule has 0 aromatic heterocycles. The van der Waals surface area contributed by atoms with Gasteiger partial charge >= 0.3 is 25.5 Å². The lowest BCUT2D eigenvalue weighted by molar-refractivity contribution is -0.371. The standard InChI is InChI=1S/C19H25F5NO5P/c1-5-25(6-2)14-10-9-13-11-16(31(27,28-7-3)29-8-4)17(26,30-15(13)12-14)18(20,21)19(22,23)24/h9-12,26H,5-8H2,1-4H3. The molecule has 0 bridgehead atoms. The zero-order chi connectivity index (χ0) is 23.7. The van der Waals surface area contributed by atoms with Gasteiger partial charge in [-0.1, -0.05) is 0 Å². The van der Waals surface area contributed by atoms with Gasteiger partial charge in [0.15, 0.2) is 0 Å². The lowest BCUT2D eigenvalue weighted by Gasteiger charge is -2.41. The van der Waals surface area contributed by atoms with Gasteiger partial charge in [-0.15, -0.1) is 0 Å². The minimum absolute atomic E-state index is 0.0354. The summed E-state index contributed by atoms with van der Waals surface area (Å²) in [7, 11) is -4.78. The number of rotatable bonds is 9. The van der Waals surface area contributed by atoms with Gasteiger partial charge in [0.2, 0.25) is 0 Å². The topological polar surface area (TPSA) is 68.2 Å². The van der Waals surface area contributed by atoms with Crippen LogP contribution in [0.4, 0.5) is 27.6 Å². The molecule has 2 rings (SSSR count). The number of ether oxygens (including phenoxy) is 1. The summed E-state index contributed by atoms with van der Waals surface area (Å²) in [4.78, 5) is 1.80. The van der Waals surface area contributed by atoms with Gasteiger partial charge in [-0.3, -0.25) is 4.57 Å². The smallest absolute Gasteiger partial charge is 0.451 e. The van der Waals surface area contributed by atoms with Gasteiger partial charge in [0, 0.05) is 30.4 Å². The Labute approximate surface area is 177 Å². The van der Waals surface area contributed by atoms with Crippen LogP contribution in [0.2, 0.25) is 0 Å². The molecule has 0 spiro atoms. The van der Waals surface area contributed by atoms with Gasteiger partial charge in [0.1, 0.15) is 11.1 Å². The lowest BCUT2D eigenvalue weighted by Crippen LogP contribution is -2.62. The number of benzene rings is 1. The molecular formula is C19H25F5NO5P. The average Bonchev–Trinajstić information content (AvgIpc) is 2.67. The second-order valence-electron chi connectivity index (χ2n) is 6.58. The van der Waals surface area contributed by atoms with Crippen LogP contribution in [0.15, 0.2) is 23.5 Å². The first-order valence-corrected chi connectivity index (χ1v) is 11.2. The maximum Gasteiger partial charge on any atom is 0.460 e. The molecule has 1 aliphatic rings. The van der Waals surface area contributed by atoms with E-state index in [0.717, 1.165) is 6.08 Å². The number of nitrogens with zero attached hydrogens (tertiary/aromatic N) is 1. The van der Waals surface area contributed by atoms with Crippen molar-refractivity contribution < 1.29 is 45.4 Å². The molecule has 0 aliphatic carbocycles. The summed E-state index contributed by atoms with van der Waals surface area (Å²) in [6.45, 7) is 6.74. The predicted octanol–water partition coefficient (Wildman–Crippen LogP) is 5.42. The Morgan fingerprint density at radius 1 is 1.06 bits per heavy atom. The van der Waals surface area contributed by atoms with E-state index < -0.39 is 36.5 Å². The SMILES string of the molecule is CCOP(=O)(OCC)C1=Cc2ccc(N(CC)CC)cc2OC1(O)C(F)(F)C(F)(F)F. The average molecular weight is 473 g/mol. The number of alkyl halides is 5. The van der Waals surface area contributed by atoms with Crippen LogP contribution in [0, 0.1) is 0 Å². The molecule has 1 aliphatic heterocycles. The maximum atomic E-state index is 14.6. The van der Waals surface area contributed by atoms with E-state index in [9.17, 15) is 31.6 Å². The Bertz CT molecular complexity index is 862. The van der Waals surface area contributed by atoms with E-state index in [1.165, 1.54) is 26.0 Å². The molecule has 31 heavy (non-hydrogen) atoms. The molecule has 1 N–H and O–H groups in total. The van der Waals surface area contributed by atoms with E-state index in [0.29, 0.717) is 18.8 Å². The summed E-state index contributed by atoms with van der Waals surface area (Å²) in [5.74, 6) is -10.6. The summed E-state index contributed by atoms with van der Waals surface area (Å²) in [6.07, 6.45) is -5.48. The van der Waals surface area contributed by atoms with Crippen molar-refractivity contribution in [2.24, 2.45) is 0 Å². The van der Waals surface area contributed by atoms with E-state index in [2.05, 4.69) is 0 Å². The number of anilines is 1. The molecule has 0 fully saturated rings. The first-order chi connectivity index (χ1) is 14.3. The molecule has 12 heteroatoms. The zero-order valence-corrected chi connectivity index (χ0v) is 18.4. The third kappa shape index (κ3) is 4.46. The number of fused-ring (bicyclic) bond motifs is 1. The third-order valence-electron chi connectivity index (χ3n) is 4.70. The van der Waals surface area contributed by atoms with Crippen molar-refractivity contribution >= 4 is 19.4 Å². The summed E-state index contributed by atoms with van der Waals surface area (Å²) in [5, 5.41) is 9.34. The highest BCUT2D eigenvalue weighted by Crippen LogP contribution is 2.66. The maximum absolute atomic E-state index is 14.6. The highest BCUT2D eigenvalue weighted by molar-refractivity contribution is 7.58. The second-order valence-corrected chi connectivity index (χ2v) is 8.57. The van der Waals surface area contributed by atoms with Crippen LogP contribution in [0.1, 0.15) is 33.3 Å². The van der Waals surface area contributed by atoms with Crippen molar-refractivity contribution in [1.82, 2.24) is 0 Å². The molecule has 6 nitrogen and oxygen atoms in total. The summed E-state index contributed by atoms with van der Waals surface area (Å²) >= 11 is 0.